The normalized spacial score (nSPS) is 11.8. The molecule has 0 heterocycles. The minimum atomic E-state index is -3.50. The van der Waals surface area contributed by atoms with E-state index in [1.807, 2.05) is 0 Å². The van der Waals surface area contributed by atoms with Crippen molar-refractivity contribution in [1.82, 2.24) is 4.90 Å². The van der Waals surface area contributed by atoms with E-state index in [1.165, 1.54) is 12.1 Å². The summed E-state index contributed by atoms with van der Waals surface area (Å²) in [5, 5.41) is 10.7. The summed E-state index contributed by atoms with van der Waals surface area (Å²) < 4.78 is 23.9. The van der Waals surface area contributed by atoms with Crippen LogP contribution in [-0.2, 0) is 9.84 Å². The largest absolute Gasteiger partial charge is 0.308 e. The number of nitro groups is 1. The first-order valence-electron chi connectivity index (χ1n) is 5.22. The van der Waals surface area contributed by atoms with Gasteiger partial charge in [-0.25, -0.2) is 8.42 Å². The number of benzene rings is 1. The van der Waals surface area contributed by atoms with E-state index in [2.05, 4.69) is 6.92 Å². The Bertz CT molecular complexity index is 552. The Labute approximate surface area is 106 Å². The Kier molecular flexibility index (Phi) is 4.42. The molecule has 0 aliphatic carbocycles. The minimum absolute atomic E-state index is 0.0385. The highest BCUT2D eigenvalue weighted by atomic mass is 32.2. The summed E-state index contributed by atoms with van der Waals surface area (Å²) in [7, 11) is 0.0199. The lowest BCUT2D eigenvalue weighted by Crippen LogP contribution is -2.22. The van der Waals surface area contributed by atoms with E-state index < -0.39 is 14.8 Å². The molecule has 0 saturated carbocycles. The van der Waals surface area contributed by atoms with Crippen molar-refractivity contribution in [3.8, 4) is 0 Å². The summed E-state index contributed by atoms with van der Waals surface area (Å²) in [4.78, 5) is 11.8. The van der Waals surface area contributed by atoms with Crippen LogP contribution in [-0.4, -0.2) is 44.6 Å². The van der Waals surface area contributed by atoms with Crippen LogP contribution in [0.4, 0.5) is 5.69 Å². The molecule has 0 amide bonds. The van der Waals surface area contributed by atoms with E-state index in [0.717, 1.165) is 6.07 Å². The van der Waals surface area contributed by atoms with Crippen molar-refractivity contribution < 1.29 is 13.3 Å². The lowest BCUT2D eigenvalue weighted by Gasteiger charge is -2.10. The van der Waals surface area contributed by atoms with Crippen molar-refractivity contribution in [2.45, 2.75) is 4.90 Å². The highest BCUT2D eigenvalue weighted by molar-refractivity contribution is 7.91. The summed E-state index contributed by atoms with van der Waals surface area (Å²) in [5.74, 6) is -0.0758. The van der Waals surface area contributed by atoms with Gasteiger partial charge in [-0.2, -0.15) is 0 Å². The SMILES string of the molecule is [CH2]c1ccc(S(=O)(=O)CCN(C)C)cc1[N+](=O)[O-]. The molecule has 99 valence electrons. The Morgan fingerprint density at radius 3 is 2.50 bits per heavy atom. The number of hydrogen-bond acceptors (Lipinski definition) is 5. The third kappa shape index (κ3) is 3.51. The molecule has 1 aromatic rings. The van der Waals surface area contributed by atoms with Crippen molar-refractivity contribution in [3.05, 3.63) is 40.8 Å². The Balaban J connectivity index is 3.10. The monoisotopic (exact) mass is 271 g/mol. The van der Waals surface area contributed by atoms with Crippen molar-refractivity contribution in [3.63, 3.8) is 0 Å². The molecule has 6 nitrogen and oxygen atoms in total. The van der Waals surface area contributed by atoms with Crippen LogP contribution in [0.15, 0.2) is 23.1 Å². The van der Waals surface area contributed by atoms with Gasteiger partial charge in [0.05, 0.1) is 15.6 Å². The Morgan fingerprint density at radius 1 is 1.39 bits per heavy atom. The van der Waals surface area contributed by atoms with Crippen LogP contribution in [0.2, 0.25) is 0 Å². The fourth-order valence-corrected chi connectivity index (χ4v) is 2.74. The Hall–Kier alpha value is -1.47. The molecule has 0 spiro atoms. The first-order valence-corrected chi connectivity index (χ1v) is 6.87. The van der Waals surface area contributed by atoms with Gasteiger partial charge in [-0.15, -0.1) is 0 Å². The first kappa shape index (κ1) is 14.6. The van der Waals surface area contributed by atoms with Gasteiger partial charge in [0.2, 0.25) is 0 Å². The average Bonchev–Trinajstić information content (AvgIpc) is 2.26. The van der Waals surface area contributed by atoms with Crippen LogP contribution in [0.5, 0.6) is 0 Å². The van der Waals surface area contributed by atoms with Crippen LogP contribution >= 0.6 is 0 Å². The second kappa shape index (κ2) is 5.45. The molecule has 18 heavy (non-hydrogen) atoms. The molecular formula is C11H15N2O4S. The number of nitro benzene ring substituents is 1. The summed E-state index contributed by atoms with van der Waals surface area (Å²) in [5.41, 5.74) is -0.0764. The van der Waals surface area contributed by atoms with Gasteiger partial charge in [0.1, 0.15) is 0 Å². The van der Waals surface area contributed by atoms with Gasteiger partial charge in [-0.3, -0.25) is 10.1 Å². The smallest absolute Gasteiger partial charge is 0.273 e. The van der Waals surface area contributed by atoms with Gasteiger partial charge >= 0.3 is 0 Å². The molecule has 1 radical (unpaired) electrons. The number of hydrogen-bond donors (Lipinski definition) is 0. The molecule has 1 rings (SSSR count). The second-order valence-corrected chi connectivity index (χ2v) is 6.28. The van der Waals surface area contributed by atoms with Crippen molar-refractivity contribution >= 4 is 15.5 Å². The van der Waals surface area contributed by atoms with E-state index in [-0.39, 0.29) is 21.9 Å². The van der Waals surface area contributed by atoms with E-state index in [1.54, 1.807) is 19.0 Å². The van der Waals surface area contributed by atoms with Gasteiger partial charge in [0.15, 0.2) is 9.84 Å². The van der Waals surface area contributed by atoms with E-state index in [4.69, 9.17) is 0 Å². The zero-order chi connectivity index (χ0) is 13.9. The maximum atomic E-state index is 12.0. The second-order valence-electron chi connectivity index (χ2n) is 4.17. The summed E-state index contributed by atoms with van der Waals surface area (Å²) in [6.07, 6.45) is 0. The van der Waals surface area contributed by atoms with Crippen LogP contribution in [0.3, 0.4) is 0 Å². The van der Waals surface area contributed by atoms with E-state index in [9.17, 15) is 18.5 Å². The predicted octanol–water partition coefficient (Wildman–Crippen LogP) is 1.11. The molecule has 0 unspecified atom stereocenters. The molecule has 0 fully saturated rings. The number of nitrogens with zero attached hydrogens (tertiary/aromatic N) is 2. The van der Waals surface area contributed by atoms with Gasteiger partial charge in [-0.1, -0.05) is 6.07 Å². The average molecular weight is 271 g/mol. The zero-order valence-corrected chi connectivity index (χ0v) is 11.1. The van der Waals surface area contributed by atoms with Crippen molar-refractivity contribution in [1.29, 1.82) is 0 Å². The quantitative estimate of drug-likeness (QED) is 0.592. The maximum Gasteiger partial charge on any atom is 0.273 e. The van der Waals surface area contributed by atoms with E-state index in [0.29, 0.717) is 6.54 Å². The molecule has 0 atom stereocenters. The molecule has 0 aromatic heterocycles. The van der Waals surface area contributed by atoms with Crippen LogP contribution in [0.25, 0.3) is 0 Å². The van der Waals surface area contributed by atoms with Gasteiger partial charge in [0.25, 0.3) is 5.69 Å². The topological polar surface area (TPSA) is 80.5 Å². The Morgan fingerprint density at radius 2 is 2.00 bits per heavy atom. The molecule has 0 aliphatic heterocycles. The van der Waals surface area contributed by atoms with Crippen LogP contribution in [0, 0.1) is 17.0 Å². The zero-order valence-electron chi connectivity index (χ0n) is 10.3. The number of rotatable bonds is 5. The molecule has 0 saturated heterocycles. The maximum absolute atomic E-state index is 12.0. The van der Waals surface area contributed by atoms with Crippen LogP contribution in [0.1, 0.15) is 5.56 Å². The van der Waals surface area contributed by atoms with Crippen molar-refractivity contribution in [2.24, 2.45) is 0 Å². The molecule has 0 bridgehead atoms. The molecular weight excluding hydrogens is 256 g/mol. The summed E-state index contributed by atoms with van der Waals surface area (Å²) in [6.45, 7) is 3.86. The summed E-state index contributed by atoms with van der Waals surface area (Å²) >= 11 is 0. The standard InChI is InChI=1S/C11H15N2O4S/c1-9-4-5-10(8-11(9)13(14)15)18(16,17)7-6-12(2)3/h4-5,8H,1,6-7H2,2-3H3. The third-order valence-electron chi connectivity index (χ3n) is 2.42. The van der Waals surface area contributed by atoms with Gasteiger partial charge in [0, 0.05) is 18.2 Å². The molecule has 0 aliphatic rings. The van der Waals surface area contributed by atoms with E-state index >= 15 is 0 Å². The highest BCUT2D eigenvalue weighted by Gasteiger charge is 2.19. The fourth-order valence-electron chi connectivity index (χ4n) is 1.33. The lowest BCUT2D eigenvalue weighted by molar-refractivity contribution is -0.385. The predicted molar refractivity (Wildman–Crippen MR) is 68.2 cm³/mol. The molecule has 1 aromatic carbocycles. The molecule has 7 heteroatoms. The van der Waals surface area contributed by atoms with Gasteiger partial charge in [-0.05, 0) is 27.1 Å². The lowest BCUT2D eigenvalue weighted by atomic mass is 10.2. The van der Waals surface area contributed by atoms with Crippen LogP contribution < -0.4 is 0 Å². The molecule has 0 N–H and O–H groups in total. The minimum Gasteiger partial charge on any atom is -0.308 e. The fraction of sp³-hybridized carbons (Fsp3) is 0.364. The van der Waals surface area contributed by atoms with Gasteiger partial charge < -0.3 is 4.90 Å². The summed E-state index contributed by atoms with van der Waals surface area (Å²) in [6, 6.07) is 3.76. The first-order chi connectivity index (χ1) is 8.24. The highest BCUT2D eigenvalue weighted by Crippen LogP contribution is 2.22. The third-order valence-corrected chi connectivity index (χ3v) is 4.11. The number of sulfone groups is 1. The van der Waals surface area contributed by atoms with Crippen molar-refractivity contribution in [2.75, 3.05) is 26.4 Å².